The predicted molar refractivity (Wildman–Crippen MR) is 113 cm³/mol. The molecule has 0 radical (unpaired) electrons. The third kappa shape index (κ3) is 5.04. The topological polar surface area (TPSA) is 84.0 Å². The molecule has 3 aromatic rings. The number of para-hydroxylation sites is 1. The smallest absolute Gasteiger partial charge is 0.270 e. The van der Waals surface area contributed by atoms with Crippen molar-refractivity contribution in [2.75, 3.05) is 5.32 Å². The third-order valence-corrected chi connectivity index (χ3v) is 4.69. The molecular formula is C23H24N4O2. The van der Waals surface area contributed by atoms with E-state index in [0.29, 0.717) is 12.1 Å². The minimum absolute atomic E-state index is 0.200. The third-order valence-electron chi connectivity index (χ3n) is 4.69. The van der Waals surface area contributed by atoms with E-state index in [9.17, 15) is 9.59 Å². The van der Waals surface area contributed by atoms with Gasteiger partial charge in [-0.05, 0) is 53.8 Å². The Morgan fingerprint density at radius 3 is 2.24 bits per heavy atom. The molecule has 2 amide bonds. The molecule has 0 bridgehead atoms. The molecule has 2 aromatic heterocycles. The number of pyridine rings is 2. The minimum atomic E-state index is -0.334. The van der Waals surface area contributed by atoms with E-state index in [1.807, 2.05) is 30.3 Å². The van der Waals surface area contributed by atoms with Crippen LogP contribution in [0.1, 0.15) is 51.4 Å². The number of carbonyl (C=O) groups excluding carboxylic acids is 2. The molecule has 3 rings (SSSR count). The van der Waals surface area contributed by atoms with Crippen LogP contribution in [-0.2, 0) is 19.4 Å². The fourth-order valence-corrected chi connectivity index (χ4v) is 3.06. The van der Waals surface area contributed by atoms with E-state index in [0.717, 1.165) is 35.2 Å². The van der Waals surface area contributed by atoms with Crippen LogP contribution in [-0.4, -0.2) is 21.8 Å². The van der Waals surface area contributed by atoms with E-state index in [4.69, 9.17) is 0 Å². The zero-order valence-electron chi connectivity index (χ0n) is 16.6. The molecule has 0 saturated carbocycles. The summed E-state index contributed by atoms with van der Waals surface area (Å²) in [6.45, 7) is 4.48. The van der Waals surface area contributed by atoms with E-state index in [1.54, 1.807) is 18.5 Å². The predicted octanol–water partition coefficient (Wildman–Crippen LogP) is 3.78. The van der Waals surface area contributed by atoms with E-state index in [2.05, 4.69) is 34.4 Å². The summed E-state index contributed by atoms with van der Waals surface area (Å²) in [6, 6.07) is 12.8. The van der Waals surface area contributed by atoms with Gasteiger partial charge in [-0.25, -0.2) is 0 Å². The summed E-state index contributed by atoms with van der Waals surface area (Å²) in [7, 11) is 0. The fourth-order valence-electron chi connectivity index (χ4n) is 3.06. The SMILES string of the molecule is CCc1cccc(CC)c1NC(=O)c1ccnc(C(=O)NCc2ccncc2)c1. The molecule has 2 heterocycles. The van der Waals surface area contributed by atoms with Crippen molar-refractivity contribution in [2.45, 2.75) is 33.2 Å². The highest BCUT2D eigenvalue weighted by Gasteiger charge is 2.14. The van der Waals surface area contributed by atoms with E-state index in [-0.39, 0.29) is 17.5 Å². The first kappa shape index (κ1) is 20.2. The van der Waals surface area contributed by atoms with Crippen molar-refractivity contribution in [3.05, 3.63) is 89.0 Å². The Kier molecular flexibility index (Phi) is 6.68. The van der Waals surface area contributed by atoms with E-state index < -0.39 is 0 Å². The average molecular weight is 388 g/mol. The molecule has 2 N–H and O–H groups in total. The second-order valence-electron chi connectivity index (χ2n) is 6.58. The van der Waals surface area contributed by atoms with Crippen LogP contribution in [0.4, 0.5) is 5.69 Å². The molecule has 0 aliphatic rings. The molecule has 148 valence electrons. The summed E-state index contributed by atoms with van der Waals surface area (Å²) in [5, 5.41) is 5.82. The Balaban J connectivity index is 1.74. The maximum Gasteiger partial charge on any atom is 0.270 e. The van der Waals surface area contributed by atoms with Gasteiger partial charge in [0.05, 0.1) is 0 Å². The number of nitrogens with zero attached hydrogens (tertiary/aromatic N) is 2. The minimum Gasteiger partial charge on any atom is -0.347 e. The van der Waals surface area contributed by atoms with Crippen molar-refractivity contribution in [3.63, 3.8) is 0 Å². The van der Waals surface area contributed by atoms with Crippen molar-refractivity contribution >= 4 is 17.5 Å². The Bertz CT molecular complexity index is 981. The summed E-state index contributed by atoms with van der Waals surface area (Å²) < 4.78 is 0. The lowest BCUT2D eigenvalue weighted by molar-refractivity contribution is 0.0946. The molecule has 29 heavy (non-hydrogen) atoms. The van der Waals surface area contributed by atoms with Gasteiger partial charge in [0.1, 0.15) is 5.69 Å². The average Bonchev–Trinajstić information content (AvgIpc) is 2.78. The van der Waals surface area contributed by atoms with Gasteiger partial charge < -0.3 is 10.6 Å². The summed E-state index contributed by atoms with van der Waals surface area (Å²) in [6.07, 6.45) is 6.46. The van der Waals surface area contributed by atoms with E-state index in [1.165, 1.54) is 12.3 Å². The molecule has 0 aliphatic heterocycles. The number of aromatic nitrogens is 2. The van der Waals surface area contributed by atoms with Gasteiger partial charge in [0.2, 0.25) is 0 Å². The molecule has 0 atom stereocenters. The summed E-state index contributed by atoms with van der Waals surface area (Å²) in [5.74, 6) is -0.592. The number of hydrogen-bond acceptors (Lipinski definition) is 4. The number of hydrogen-bond donors (Lipinski definition) is 2. The molecule has 6 heteroatoms. The van der Waals surface area contributed by atoms with Crippen LogP contribution >= 0.6 is 0 Å². The molecule has 1 aromatic carbocycles. The summed E-state index contributed by atoms with van der Waals surface area (Å²) in [5.41, 5.74) is 4.55. The highest BCUT2D eigenvalue weighted by Crippen LogP contribution is 2.23. The number of nitrogens with one attached hydrogen (secondary N) is 2. The molecule has 0 fully saturated rings. The van der Waals surface area contributed by atoms with Crippen LogP contribution in [0.5, 0.6) is 0 Å². The number of amides is 2. The standard InChI is InChI=1S/C23H24N4O2/c1-3-17-6-5-7-18(4-2)21(17)27-22(28)19-10-13-25-20(14-19)23(29)26-15-16-8-11-24-12-9-16/h5-14H,3-4,15H2,1-2H3,(H,26,29)(H,27,28). The fraction of sp³-hybridized carbons (Fsp3) is 0.217. The van der Waals surface area contributed by atoms with Crippen molar-refractivity contribution in [1.82, 2.24) is 15.3 Å². The summed E-state index contributed by atoms with van der Waals surface area (Å²) >= 11 is 0. The lowest BCUT2D eigenvalue weighted by Crippen LogP contribution is -2.24. The maximum absolute atomic E-state index is 12.8. The van der Waals surface area contributed by atoms with Crippen LogP contribution < -0.4 is 10.6 Å². The van der Waals surface area contributed by atoms with Crippen LogP contribution in [0.3, 0.4) is 0 Å². The first-order valence-corrected chi connectivity index (χ1v) is 9.67. The lowest BCUT2D eigenvalue weighted by Gasteiger charge is -2.14. The highest BCUT2D eigenvalue weighted by molar-refractivity contribution is 6.06. The Morgan fingerprint density at radius 2 is 1.59 bits per heavy atom. The van der Waals surface area contributed by atoms with Crippen LogP contribution in [0, 0.1) is 0 Å². The largest absolute Gasteiger partial charge is 0.347 e. The summed E-state index contributed by atoms with van der Waals surface area (Å²) in [4.78, 5) is 33.3. The Hall–Kier alpha value is -3.54. The first-order chi connectivity index (χ1) is 14.1. The van der Waals surface area contributed by atoms with E-state index >= 15 is 0 Å². The van der Waals surface area contributed by atoms with Crippen molar-refractivity contribution in [3.8, 4) is 0 Å². The molecule has 0 saturated heterocycles. The zero-order chi connectivity index (χ0) is 20.6. The quantitative estimate of drug-likeness (QED) is 0.645. The van der Waals surface area contributed by atoms with Crippen molar-refractivity contribution < 1.29 is 9.59 Å². The number of anilines is 1. The van der Waals surface area contributed by atoms with Crippen molar-refractivity contribution in [1.29, 1.82) is 0 Å². The van der Waals surface area contributed by atoms with Gasteiger partial charge in [0.25, 0.3) is 11.8 Å². The molecular weight excluding hydrogens is 364 g/mol. The van der Waals surface area contributed by atoms with Crippen LogP contribution in [0.2, 0.25) is 0 Å². The van der Waals surface area contributed by atoms with Gasteiger partial charge in [-0.1, -0.05) is 32.0 Å². The lowest BCUT2D eigenvalue weighted by atomic mass is 10.0. The monoisotopic (exact) mass is 388 g/mol. The second-order valence-corrected chi connectivity index (χ2v) is 6.58. The van der Waals surface area contributed by atoms with Crippen LogP contribution in [0.15, 0.2) is 61.1 Å². The number of aryl methyl sites for hydroxylation is 2. The normalized spacial score (nSPS) is 10.4. The number of benzene rings is 1. The second kappa shape index (κ2) is 9.59. The Labute approximate surface area is 170 Å². The van der Waals surface area contributed by atoms with Gasteiger partial charge in [0.15, 0.2) is 0 Å². The van der Waals surface area contributed by atoms with Gasteiger partial charge in [-0.15, -0.1) is 0 Å². The van der Waals surface area contributed by atoms with Crippen molar-refractivity contribution in [2.24, 2.45) is 0 Å². The molecule has 0 aliphatic carbocycles. The Morgan fingerprint density at radius 1 is 0.897 bits per heavy atom. The molecule has 0 spiro atoms. The number of carbonyl (C=O) groups is 2. The molecule has 6 nitrogen and oxygen atoms in total. The zero-order valence-corrected chi connectivity index (χ0v) is 16.6. The van der Waals surface area contributed by atoms with Crippen LogP contribution in [0.25, 0.3) is 0 Å². The van der Waals surface area contributed by atoms with Gasteiger partial charge in [-0.3, -0.25) is 19.6 Å². The first-order valence-electron chi connectivity index (χ1n) is 9.67. The maximum atomic E-state index is 12.8. The van der Waals surface area contributed by atoms with Gasteiger partial charge in [0, 0.05) is 36.4 Å². The highest BCUT2D eigenvalue weighted by atomic mass is 16.2. The number of rotatable bonds is 7. The van der Waals surface area contributed by atoms with Gasteiger partial charge >= 0.3 is 0 Å². The van der Waals surface area contributed by atoms with Gasteiger partial charge in [-0.2, -0.15) is 0 Å². The molecule has 0 unspecified atom stereocenters.